The van der Waals surface area contributed by atoms with Crippen molar-refractivity contribution in [1.82, 2.24) is 9.62 Å². The zero-order valence-electron chi connectivity index (χ0n) is 11.0. The van der Waals surface area contributed by atoms with Crippen LogP contribution in [0.25, 0.3) is 0 Å². The molecule has 2 rings (SSSR count). The molecular formula is C12H14BrF3N2O2S. The standard InChI is InChI=1S/C12H14BrF3N2O2S/c13-10-3-2-9(12(14,15)16)8-11(10)21(19,20)18-6-1-4-17-5-7-18/h2-3,8,17H,1,4-7H2. The Morgan fingerprint density at radius 3 is 2.57 bits per heavy atom. The number of nitrogens with one attached hydrogen (secondary N) is 1. The first-order valence-corrected chi connectivity index (χ1v) is 8.54. The van der Waals surface area contributed by atoms with Gasteiger partial charge in [-0.05, 0) is 47.1 Å². The summed E-state index contributed by atoms with van der Waals surface area (Å²) in [5.74, 6) is 0. The monoisotopic (exact) mass is 386 g/mol. The minimum absolute atomic E-state index is 0.132. The van der Waals surface area contributed by atoms with Crippen molar-refractivity contribution in [2.45, 2.75) is 17.5 Å². The SMILES string of the molecule is O=S(=O)(c1cc(C(F)(F)F)ccc1Br)N1CCCNCC1. The van der Waals surface area contributed by atoms with Crippen LogP contribution in [0.5, 0.6) is 0 Å². The lowest BCUT2D eigenvalue weighted by Gasteiger charge is -2.21. The third-order valence-corrected chi connectivity index (χ3v) is 6.07. The second-order valence-electron chi connectivity index (χ2n) is 4.65. The molecule has 0 atom stereocenters. The van der Waals surface area contributed by atoms with Crippen LogP contribution in [0.15, 0.2) is 27.6 Å². The molecule has 1 heterocycles. The van der Waals surface area contributed by atoms with Crippen molar-refractivity contribution in [1.29, 1.82) is 0 Å². The van der Waals surface area contributed by atoms with E-state index in [4.69, 9.17) is 0 Å². The highest BCUT2D eigenvalue weighted by Gasteiger charge is 2.34. The molecule has 1 aliphatic rings. The van der Waals surface area contributed by atoms with E-state index in [0.717, 1.165) is 12.1 Å². The largest absolute Gasteiger partial charge is 0.416 e. The Balaban J connectivity index is 2.43. The molecule has 0 radical (unpaired) electrons. The predicted octanol–water partition coefficient (Wildman–Crippen LogP) is 2.45. The van der Waals surface area contributed by atoms with Crippen LogP contribution in [0, 0.1) is 0 Å². The molecule has 118 valence electrons. The summed E-state index contributed by atoms with van der Waals surface area (Å²) in [6.45, 7) is 1.70. The van der Waals surface area contributed by atoms with Gasteiger partial charge < -0.3 is 5.32 Å². The molecule has 1 aromatic carbocycles. The fourth-order valence-corrected chi connectivity index (χ4v) is 4.51. The van der Waals surface area contributed by atoms with E-state index in [2.05, 4.69) is 21.2 Å². The number of sulfonamides is 1. The van der Waals surface area contributed by atoms with Crippen LogP contribution < -0.4 is 5.32 Å². The van der Waals surface area contributed by atoms with Crippen LogP contribution in [-0.4, -0.2) is 38.9 Å². The number of halogens is 4. The molecule has 0 aliphatic carbocycles. The average Bonchev–Trinajstić information content (AvgIpc) is 2.66. The lowest BCUT2D eigenvalue weighted by molar-refractivity contribution is -0.137. The maximum absolute atomic E-state index is 12.8. The van der Waals surface area contributed by atoms with E-state index in [1.807, 2.05) is 0 Å². The molecule has 21 heavy (non-hydrogen) atoms. The van der Waals surface area contributed by atoms with Gasteiger partial charge in [0.1, 0.15) is 0 Å². The summed E-state index contributed by atoms with van der Waals surface area (Å²) in [4.78, 5) is -0.348. The molecule has 0 saturated carbocycles. The van der Waals surface area contributed by atoms with Gasteiger partial charge in [0.15, 0.2) is 0 Å². The summed E-state index contributed by atoms with van der Waals surface area (Å²) >= 11 is 3.03. The van der Waals surface area contributed by atoms with E-state index in [1.165, 1.54) is 4.31 Å². The molecule has 1 saturated heterocycles. The molecule has 1 N–H and O–H groups in total. The zero-order chi connectivity index (χ0) is 15.7. The molecule has 1 fully saturated rings. The predicted molar refractivity (Wildman–Crippen MR) is 75.4 cm³/mol. The highest BCUT2D eigenvalue weighted by molar-refractivity contribution is 9.10. The Labute approximate surface area is 129 Å². The van der Waals surface area contributed by atoms with Crippen LogP contribution >= 0.6 is 15.9 Å². The van der Waals surface area contributed by atoms with Gasteiger partial charge >= 0.3 is 6.18 Å². The van der Waals surface area contributed by atoms with Crippen LogP contribution in [0.4, 0.5) is 13.2 Å². The highest BCUT2D eigenvalue weighted by Crippen LogP contribution is 2.34. The van der Waals surface area contributed by atoms with Crippen molar-refractivity contribution >= 4 is 26.0 Å². The van der Waals surface area contributed by atoms with Crippen molar-refractivity contribution in [2.24, 2.45) is 0 Å². The summed E-state index contributed by atoms with van der Waals surface area (Å²) < 4.78 is 64.7. The van der Waals surface area contributed by atoms with E-state index in [9.17, 15) is 21.6 Å². The van der Waals surface area contributed by atoms with E-state index in [0.29, 0.717) is 25.6 Å². The molecule has 0 aromatic heterocycles. The summed E-state index contributed by atoms with van der Waals surface area (Å²) in [7, 11) is -3.95. The Kier molecular flexibility index (Phi) is 4.96. The highest BCUT2D eigenvalue weighted by atomic mass is 79.9. The summed E-state index contributed by atoms with van der Waals surface area (Å²) in [5.41, 5.74) is -0.975. The molecule has 9 heteroatoms. The Hall–Kier alpha value is -0.640. The second-order valence-corrected chi connectivity index (χ2v) is 7.41. The minimum atomic E-state index is -4.58. The van der Waals surface area contributed by atoms with E-state index in [1.54, 1.807) is 0 Å². The van der Waals surface area contributed by atoms with Gasteiger partial charge in [0.05, 0.1) is 10.5 Å². The van der Waals surface area contributed by atoms with E-state index in [-0.39, 0.29) is 22.5 Å². The normalized spacial score (nSPS) is 18.5. The van der Waals surface area contributed by atoms with Gasteiger partial charge in [0.2, 0.25) is 10.0 Å². The molecular weight excluding hydrogens is 373 g/mol. The number of hydrogen-bond donors (Lipinski definition) is 1. The Bertz CT molecular complexity index is 611. The minimum Gasteiger partial charge on any atom is -0.315 e. The van der Waals surface area contributed by atoms with E-state index < -0.39 is 21.8 Å². The van der Waals surface area contributed by atoms with Crippen molar-refractivity contribution in [3.8, 4) is 0 Å². The molecule has 0 amide bonds. The number of hydrogen-bond acceptors (Lipinski definition) is 3. The summed E-state index contributed by atoms with van der Waals surface area (Å²) in [5, 5.41) is 3.05. The topological polar surface area (TPSA) is 49.4 Å². The van der Waals surface area contributed by atoms with Gasteiger partial charge in [-0.1, -0.05) is 0 Å². The van der Waals surface area contributed by atoms with E-state index >= 15 is 0 Å². The molecule has 0 unspecified atom stereocenters. The molecule has 0 bridgehead atoms. The van der Waals surface area contributed by atoms with Gasteiger partial charge in [-0.2, -0.15) is 17.5 Å². The maximum atomic E-state index is 12.8. The smallest absolute Gasteiger partial charge is 0.315 e. The van der Waals surface area contributed by atoms with Gasteiger partial charge in [-0.15, -0.1) is 0 Å². The summed E-state index contributed by atoms with van der Waals surface area (Å²) in [6.07, 6.45) is -3.96. The molecule has 1 aliphatic heterocycles. The van der Waals surface area contributed by atoms with Crippen LogP contribution in [-0.2, 0) is 16.2 Å². The summed E-state index contributed by atoms with van der Waals surface area (Å²) in [6, 6.07) is 2.65. The lowest BCUT2D eigenvalue weighted by Crippen LogP contribution is -2.34. The Morgan fingerprint density at radius 1 is 1.19 bits per heavy atom. The van der Waals surface area contributed by atoms with Crippen molar-refractivity contribution in [3.05, 3.63) is 28.2 Å². The zero-order valence-corrected chi connectivity index (χ0v) is 13.4. The van der Waals surface area contributed by atoms with Crippen LogP contribution in [0.1, 0.15) is 12.0 Å². The number of rotatable bonds is 2. The van der Waals surface area contributed by atoms with Crippen molar-refractivity contribution < 1.29 is 21.6 Å². The third-order valence-electron chi connectivity index (χ3n) is 3.18. The first kappa shape index (κ1) is 16.7. The first-order chi connectivity index (χ1) is 9.73. The molecule has 1 aromatic rings. The van der Waals surface area contributed by atoms with Gasteiger partial charge in [0, 0.05) is 24.1 Å². The van der Waals surface area contributed by atoms with Crippen molar-refractivity contribution in [2.75, 3.05) is 26.2 Å². The second kappa shape index (κ2) is 6.23. The fraction of sp³-hybridized carbons (Fsp3) is 0.500. The van der Waals surface area contributed by atoms with Gasteiger partial charge in [0.25, 0.3) is 0 Å². The Morgan fingerprint density at radius 2 is 1.90 bits per heavy atom. The maximum Gasteiger partial charge on any atom is 0.416 e. The average molecular weight is 387 g/mol. The fourth-order valence-electron chi connectivity index (χ4n) is 2.08. The van der Waals surface area contributed by atoms with Crippen molar-refractivity contribution in [3.63, 3.8) is 0 Å². The number of alkyl halides is 3. The van der Waals surface area contributed by atoms with Gasteiger partial charge in [-0.25, -0.2) is 8.42 Å². The first-order valence-electron chi connectivity index (χ1n) is 6.30. The lowest BCUT2D eigenvalue weighted by atomic mass is 10.2. The van der Waals surface area contributed by atoms with Gasteiger partial charge in [-0.3, -0.25) is 0 Å². The molecule has 4 nitrogen and oxygen atoms in total. The third kappa shape index (κ3) is 3.77. The number of benzene rings is 1. The van der Waals surface area contributed by atoms with Crippen LogP contribution in [0.2, 0.25) is 0 Å². The number of nitrogens with zero attached hydrogens (tertiary/aromatic N) is 1. The quantitative estimate of drug-likeness (QED) is 0.849. The molecule has 0 spiro atoms. The van der Waals surface area contributed by atoms with Crippen LogP contribution in [0.3, 0.4) is 0 Å².